The molecule has 33 heavy (non-hydrogen) atoms. The summed E-state index contributed by atoms with van der Waals surface area (Å²) in [5.41, 5.74) is -0.611. The van der Waals surface area contributed by atoms with E-state index >= 15 is 0 Å². The maximum atomic E-state index is 11.7. The molecule has 0 aliphatic heterocycles. The van der Waals surface area contributed by atoms with Crippen molar-refractivity contribution in [2.75, 3.05) is 12.1 Å². The third kappa shape index (κ3) is 6.83. The van der Waals surface area contributed by atoms with Gasteiger partial charge in [0.15, 0.2) is 17.2 Å². The third-order valence-corrected chi connectivity index (χ3v) is 4.65. The lowest BCUT2D eigenvalue weighted by Gasteiger charge is -2.20. The largest absolute Gasteiger partial charge is 0.504 e. The molecular weight excluding hydrogens is 479 g/mol. The van der Waals surface area contributed by atoms with Crippen LogP contribution in [-0.2, 0) is 14.4 Å². The molecule has 0 atom stereocenters. The zero-order valence-electron chi connectivity index (χ0n) is 17.9. The Hall–Kier alpha value is -3.82. The molecule has 1 aromatic rings. The highest BCUT2D eigenvalue weighted by molar-refractivity contribution is 6.46. The maximum absolute atomic E-state index is 11.7. The number of aromatic hydroxyl groups is 2. The molecular formula is C19H20Cl2N6O6. The predicted octanol–water partition coefficient (Wildman–Crippen LogP) is 2.03. The van der Waals surface area contributed by atoms with Gasteiger partial charge in [0.05, 0.1) is 6.20 Å². The number of nitriles is 1. The van der Waals surface area contributed by atoms with Crippen LogP contribution in [0.5, 0.6) is 17.2 Å². The molecule has 0 aromatic heterocycles. The van der Waals surface area contributed by atoms with Crippen molar-refractivity contribution in [3.8, 4) is 23.3 Å². The lowest BCUT2D eigenvalue weighted by molar-refractivity contribution is -0.120. The van der Waals surface area contributed by atoms with Crippen LogP contribution >= 0.6 is 23.2 Å². The number of ether oxygens (including phenoxy) is 1. The minimum atomic E-state index is -1.12. The first-order valence-electron chi connectivity index (χ1n) is 9.02. The summed E-state index contributed by atoms with van der Waals surface area (Å²) in [4.78, 5) is 37.0. The number of carbonyl (C=O) groups excluding carboxylic acids is 3. The minimum Gasteiger partial charge on any atom is -0.504 e. The molecule has 0 unspecified atom stereocenters. The fraction of sp³-hybridized carbons (Fsp3) is 0.263. The van der Waals surface area contributed by atoms with Crippen LogP contribution < -0.4 is 20.4 Å². The van der Waals surface area contributed by atoms with Crippen molar-refractivity contribution in [3.05, 3.63) is 22.1 Å². The number of nitrogens with one attached hydrogen (secondary N) is 2. The van der Waals surface area contributed by atoms with Crippen molar-refractivity contribution in [3.63, 3.8) is 0 Å². The van der Waals surface area contributed by atoms with E-state index in [2.05, 4.69) is 15.4 Å². The first-order chi connectivity index (χ1) is 15.5. The summed E-state index contributed by atoms with van der Waals surface area (Å²) in [7, 11) is 1.17. The number of phenols is 2. The number of hydrogen-bond donors (Lipinski definition) is 4. The number of imide groups is 1. The number of amides is 3. The third-order valence-electron chi connectivity index (χ3n) is 3.95. The fourth-order valence-corrected chi connectivity index (χ4v) is 2.56. The van der Waals surface area contributed by atoms with Crippen LogP contribution in [0.4, 0.5) is 5.69 Å². The van der Waals surface area contributed by atoms with Gasteiger partial charge in [-0.05, 0) is 12.8 Å². The molecule has 0 spiro atoms. The summed E-state index contributed by atoms with van der Waals surface area (Å²) in [6.07, 6.45) is 1.53. The molecule has 1 aromatic carbocycles. The van der Waals surface area contributed by atoms with Crippen LogP contribution in [0.1, 0.15) is 20.8 Å². The van der Waals surface area contributed by atoms with E-state index in [9.17, 15) is 24.6 Å². The van der Waals surface area contributed by atoms with E-state index in [0.29, 0.717) is 12.1 Å². The van der Waals surface area contributed by atoms with Crippen molar-refractivity contribution in [1.29, 1.82) is 5.26 Å². The number of nitrogens with zero attached hydrogens (tertiary/aromatic N) is 4. The van der Waals surface area contributed by atoms with Gasteiger partial charge in [-0.1, -0.05) is 37.0 Å². The fourth-order valence-electron chi connectivity index (χ4n) is 2.07. The van der Waals surface area contributed by atoms with E-state index in [-0.39, 0.29) is 18.2 Å². The van der Waals surface area contributed by atoms with Crippen LogP contribution in [-0.4, -0.2) is 47.4 Å². The average Bonchev–Trinajstić information content (AvgIpc) is 2.77. The Kier molecular flexibility index (Phi) is 10.1. The minimum absolute atomic E-state index is 0.0283. The molecule has 0 bridgehead atoms. The highest BCUT2D eigenvalue weighted by Crippen LogP contribution is 2.53. The van der Waals surface area contributed by atoms with E-state index in [0.717, 1.165) is 11.2 Å². The lowest BCUT2D eigenvalue weighted by Crippen LogP contribution is -2.30. The number of hydrazone groups is 1. The molecule has 0 radical (unpaired) electrons. The monoisotopic (exact) mass is 498 g/mol. The molecule has 4 N–H and O–H groups in total. The predicted molar refractivity (Wildman–Crippen MR) is 121 cm³/mol. The number of rotatable bonds is 10. The molecule has 176 valence electrons. The van der Waals surface area contributed by atoms with Crippen LogP contribution in [0.25, 0.3) is 0 Å². The van der Waals surface area contributed by atoms with Crippen molar-refractivity contribution in [1.82, 2.24) is 10.6 Å². The van der Waals surface area contributed by atoms with E-state index in [4.69, 9.17) is 33.2 Å². The molecule has 1 rings (SSSR count). The highest BCUT2D eigenvalue weighted by atomic mass is 35.5. The second-order valence-electron chi connectivity index (χ2n) is 6.46. The summed E-state index contributed by atoms with van der Waals surface area (Å²) < 4.78 is 5.53. The Morgan fingerprint density at radius 1 is 1.21 bits per heavy atom. The molecule has 0 saturated heterocycles. The summed E-state index contributed by atoms with van der Waals surface area (Å²) >= 11 is 12.4. The lowest BCUT2D eigenvalue weighted by atomic mass is 10.1. The summed E-state index contributed by atoms with van der Waals surface area (Å²) in [5.74, 6) is -3.17. The number of halogens is 2. The number of benzene rings is 1. The molecule has 14 heteroatoms. The second kappa shape index (κ2) is 12.3. The van der Waals surface area contributed by atoms with Gasteiger partial charge >= 0.3 is 0 Å². The van der Waals surface area contributed by atoms with Crippen LogP contribution in [0, 0.1) is 17.2 Å². The molecule has 0 heterocycles. The normalized spacial score (nSPS) is 12.1. The summed E-state index contributed by atoms with van der Waals surface area (Å²) in [6.45, 7) is 5.46. The van der Waals surface area contributed by atoms with E-state index in [1.165, 1.54) is 13.1 Å². The van der Waals surface area contributed by atoms with Crippen molar-refractivity contribution < 1.29 is 29.3 Å². The first-order valence-corrected chi connectivity index (χ1v) is 9.78. The standard InChI is InChI=1S/C19H20Cl2N6O6/c1-9(2)10(3)25-12(6-23-7-28)33-18-13(20)16(30)15(17(31)14(18)21)27(4)26-11(5-22)19(32)24-8-29/h6-9,30-31H,1-4H3,(H,23,28)(H,24,29,32)/b12-6+,25-10+,26-11-. The Morgan fingerprint density at radius 3 is 2.24 bits per heavy atom. The SMILES string of the molecule is C/C(=N\C(=C/NC=O)Oc1c(Cl)c(O)c(N(C)/N=C(/C#N)C(=O)NC=O)c(O)c1Cl)C(C)C. The van der Waals surface area contributed by atoms with Crippen LogP contribution in [0.15, 0.2) is 22.2 Å². The Balaban J connectivity index is 3.56. The highest BCUT2D eigenvalue weighted by Gasteiger charge is 2.27. The van der Waals surface area contributed by atoms with Crippen LogP contribution in [0.2, 0.25) is 10.0 Å². The maximum Gasteiger partial charge on any atom is 0.288 e. The van der Waals surface area contributed by atoms with Crippen molar-refractivity contribution in [2.24, 2.45) is 16.0 Å². The van der Waals surface area contributed by atoms with Gasteiger partial charge in [0.25, 0.3) is 5.91 Å². The number of aliphatic imine (C=N–C) groups is 1. The zero-order chi connectivity index (χ0) is 25.3. The van der Waals surface area contributed by atoms with E-state index in [1.807, 2.05) is 13.8 Å². The average molecular weight is 499 g/mol. The van der Waals surface area contributed by atoms with Gasteiger partial charge in [0, 0.05) is 12.8 Å². The van der Waals surface area contributed by atoms with Gasteiger partial charge in [-0.25, -0.2) is 4.99 Å². The Labute approximate surface area is 198 Å². The topological polar surface area (TPSA) is 177 Å². The molecule has 12 nitrogen and oxygen atoms in total. The van der Waals surface area contributed by atoms with Crippen molar-refractivity contribution in [2.45, 2.75) is 20.8 Å². The quantitative estimate of drug-likeness (QED) is 0.164. The Bertz CT molecular complexity index is 1050. The number of carbonyl (C=O) groups is 3. The van der Waals surface area contributed by atoms with Gasteiger partial charge in [-0.3, -0.25) is 24.7 Å². The smallest absolute Gasteiger partial charge is 0.288 e. The number of anilines is 1. The van der Waals surface area contributed by atoms with Crippen molar-refractivity contribution >= 4 is 59.0 Å². The Morgan fingerprint density at radius 2 is 1.79 bits per heavy atom. The van der Waals surface area contributed by atoms with Gasteiger partial charge in [-0.2, -0.15) is 10.4 Å². The van der Waals surface area contributed by atoms with Gasteiger partial charge in [0.1, 0.15) is 21.8 Å². The molecule has 0 fully saturated rings. The summed E-state index contributed by atoms with van der Waals surface area (Å²) in [6, 6.07) is 1.47. The number of phenolic OH excluding ortho intramolecular Hbond substituents is 2. The van der Waals surface area contributed by atoms with Gasteiger partial charge < -0.3 is 20.3 Å². The molecule has 0 aliphatic rings. The van der Waals surface area contributed by atoms with Gasteiger partial charge in [0.2, 0.25) is 24.4 Å². The second-order valence-corrected chi connectivity index (χ2v) is 7.21. The molecule has 0 aliphatic carbocycles. The molecule has 0 saturated carbocycles. The first kappa shape index (κ1) is 27.2. The summed E-state index contributed by atoms with van der Waals surface area (Å²) in [5, 5.41) is 37.6. The molecule has 3 amide bonds. The van der Waals surface area contributed by atoms with E-state index < -0.39 is 44.6 Å². The zero-order valence-corrected chi connectivity index (χ0v) is 19.4. The van der Waals surface area contributed by atoms with Crippen LogP contribution in [0.3, 0.4) is 0 Å². The van der Waals surface area contributed by atoms with Gasteiger partial charge in [-0.15, -0.1) is 0 Å². The number of hydrogen-bond acceptors (Lipinski definition) is 10. The van der Waals surface area contributed by atoms with E-state index in [1.54, 1.807) is 12.2 Å².